The molecule has 9 heteroatoms. The van der Waals surface area contributed by atoms with Crippen LogP contribution in [-0.4, -0.2) is 60.0 Å². The lowest BCUT2D eigenvalue weighted by atomic mass is 9.96. The van der Waals surface area contributed by atoms with Gasteiger partial charge in [0.25, 0.3) is 5.91 Å². The van der Waals surface area contributed by atoms with Crippen LogP contribution in [0.1, 0.15) is 45.2 Å². The van der Waals surface area contributed by atoms with Crippen LogP contribution in [0, 0.1) is 22.7 Å². The van der Waals surface area contributed by atoms with Crippen LogP contribution in [0.2, 0.25) is 0 Å². The summed E-state index contributed by atoms with van der Waals surface area (Å²) in [7, 11) is 3.25. The van der Waals surface area contributed by atoms with Gasteiger partial charge in [0.1, 0.15) is 17.5 Å². The van der Waals surface area contributed by atoms with Crippen LogP contribution in [0.3, 0.4) is 0 Å². The number of carbonyl (C=O) groups is 2. The Morgan fingerprint density at radius 1 is 1.03 bits per heavy atom. The van der Waals surface area contributed by atoms with E-state index >= 15 is 0 Å². The molecular weight excluding hydrogens is 468 g/mol. The number of hydrogen-bond acceptors (Lipinski definition) is 7. The summed E-state index contributed by atoms with van der Waals surface area (Å²) in [6, 6.07) is 21.9. The summed E-state index contributed by atoms with van der Waals surface area (Å²) >= 11 is 0. The number of nitrogens with zero attached hydrogens (tertiary/aromatic N) is 5. The maximum atomic E-state index is 12.7. The molecular formula is C28H26N6O3. The van der Waals surface area contributed by atoms with Gasteiger partial charge in [0.15, 0.2) is 0 Å². The first-order chi connectivity index (χ1) is 17.9. The molecule has 186 valence electrons. The highest BCUT2D eigenvalue weighted by Crippen LogP contribution is 2.33. The van der Waals surface area contributed by atoms with Crippen molar-refractivity contribution in [1.82, 2.24) is 20.1 Å². The summed E-state index contributed by atoms with van der Waals surface area (Å²) in [6.07, 6.45) is 1.72. The number of hydrogen-bond donors (Lipinski definition) is 1. The van der Waals surface area contributed by atoms with Crippen LogP contribution in [0.25, 0.3) is 0 Å². The number of carbonyl (C=O) groups excluding carboxylic acids is 2. The van der Waals surface area contributed by atoms with Crippen molar-refractivity contribution in [2.24, 2.45) is 0 Å². The maximum absolute atomic E-state index is 12.7. The quantitative estimate of drug-likeness (QED) is 0.557. The molecule has 2 heterocycles. The summed E-state index contributed by atoms with van der Waals surface area (Å²) in [5.74, 6) is 0.217. The Balaban J connectivity index is 1.52. The standard InChI is InChI=1S/C28H26N6O3/c1-33(2)28(36)37-25-11-8-21(9-12-25)26(20-5-3-19(15-29)4-6-20)34-14-13-24(18-34)32-27(35)22-7-10-23(16-30)31-17-22/h3-12,17,24,26H,13-14,18H2,1-2H3,(H,32,35)/t24?,26-/m1/s1. The molecule has 0 spiro atoms. The third kappa shape index (κ3) is 6.10. The lowest BCUT2D eigenvalue weighted by molar-refractivity contribution is 0.0936. The van der Waals surface area contributed by atoms with E-state index in [0.717, 1.165) is 24.1 Å². The maximum Gasteiger partial charge on any atom is 0.414 e. The predicted molar refractivity (Wildman–Crippen MR) is 136 cm³/mol. The first kappa shape index (κ1) is 25.4. The van der Waals surface area contributed by atoms with Gasteiger partial charge in [0, 0.05) is 39.4 Å². The zero-order chi connectivity index (χ0) is 26.4. The van der Waals surface area contributed by atoms with E-state index in [0.29, 0.717) is 23.4 Å². The van der Waals surface area contributed by atoms with Gasteiger partial charge in [0.2, 0.25) is 0 Å². The number of aromatic nitrogens is 1. The molecule has 1 aliphatic rings. The average molecular weight is 495 g/mol. The van der Waals surface area contributed by atoms with Gasteiger partial charge in [-0.2, -0.15) is 10.5 Å². The van der Waals surface area contributed by atoms with E-state index in [2.05, 4.69) is 21.3 Å². The Morgan fingerprint density at radius 2 is 1.70 bits per heavy atom. The number of ether oxygens (including phenoxy) is 1. The fourth-order valence-electron chi connectivity index (χ4n) is 4.27. The van der Waals surface area contributed by atoms with Crippen LogP contribution < -0.4 is 10.1 Å². The van der Waals surface area contributed by atoms with Gasteiger partial charge in [-0.1, -0.05) is 24.3 Å². The summed E-state index contributed by atoms with van der Waals surface area (Å²) in [5, 5.41) is 21.2. The normalized spacial score (nSPS) is 15.7. The Kier molecular flexibility index (Phi) is 7.77. The third-order valence-corrected chi connectivity index (χ3v) is 6.18. The molecule has 4 rings (SSSR count). The average Bonchev–Trinajstić information content (AvgIpc) is 3.37. The summed E-state index contributed by atoms with van der Waals surface area (Å²) in [4.78, 5) is 32.2. The van der Waals surface area contributed by atoms with Gasteiger partial charge in [-0.05, 0) is 53.9 Å². The van der Waals surface area contributed by atoms with Gasteiger partial charge < -0.3 is 15.0 Å². The lowest BCUT2D eigenvalue weighted by Crippen LogP contribution is -2.38. The highest BCUT2D eigenvalue weighted by molar-refractivity contribution is 5.94. The molecule has 1 saturated heterocycles. The Hall–Kier alpha value is -4.73. The van der Waals surface area contributed by atoms with Gasteiger partial charge in [0.05, 0.1) is 23.2 Å². The summed E-state index contributed by atoms with van der Waals surface area (Å²) in [6.45, 7) is 1.37. The van der Waals surface area contributed by atoms with Crippen molar-refractivity contribution in [3.05, 3.63) is 94.8 Å². The van der Waals surface area contributed by atoms with E-state index < -0.39 is 6.09 Å². The highest BCUT2D eigenvalue weighted by atomic mass is 16.6. The second-order valence-corrected chi connectivity index (χ2v) is 8.97. The molecule has 2 atom stereocenters. The number of rotatable bonds is 6. The molecule has 2 amide bonds. The van der Waals surface area contributed by atoms with Crippen molar-refractivity contribution in [3.63, 3.8) is 0 Å². The van der Waals surface area contributed by atoms with Crippen molar-refractivity contribution < 1.29 is 14.3 Å². The van der Waals surface area contributed by atoms with E-state index in [9.17, 15) is 14.9 Å². The summed E-state index contributed by atoms with van der Waals surface area (Å²) < 4.78 is 5.36. The van der Waals surface area contributed by atoms with E-state index in [-0.39, 0.29) is 23.7 Å². The summed E-state index contributed by atoms with van der Waals surface area (Å²) in [5.41, 5.74) is 3.26. The van der Waals surface area contributed by atoms with Crippen LogP contribution in [0.4, 0.5) is 4.79 Å². The topological polar surface area (TPSA) is 122 Å². The first-order valence-corrected chi connectivity index (χ1v) is 11.8. The number of amides is 2. The van der Waals surface area contributed by atoms with Crippen molar-refractivity contribution in [2.75, 3.05) is 27.2 Å². The molecule has 1 N–H and O–H groups in total. The molecule has 1 fully saturated rings. The third-order valence-electron chi connectivity index (χ3n) is 6.18. The fraction of sp³-hybridized carbons (Fsp3) is 0.250. The van der Waals surface area contributed by atoms with E-state index in [4.69, 9.17) is 10.00 Å². The van der Waals surface area contributed by atoms with Gasteiger partial charge in [-0.3, -0.25) is 9.69 Å². The minimum absolute atomic E-state index is 0.0654. The van der Waals surface area contributed by atoms with Crippen molar-refractivity contribution in [3.8, 4) is 17.9 Å². The lowest BCUT2D eigenvalue weighted by Gasteiger charge is -2.29. The predicted octanol–water partition coefficient (Wildman–Crippen LogP) is 3.48. The fourth-order valence-corrected chi connectivity index (χ4v) is 4.27. The molecule has 1 aromatic heterocycles. The number of nitriles is 2. The SMILES string of the molecule is CN(C)C(=O)Oc1ccc([C@@H](c2ccc(C#N)cc2)N2CCC(NC(=O)c3ccc(C#N)nc3)C2)cc1. The van der Waals surface area contributed by atoms with E-state index in [1.165, 1.54) is 17.2 Å². The first-order valence-electron chi connectivity index (χ1n) is 11.8. The molecule has 1 unspecified atom stereocenters. The molecule has 2 aromatic carbocycles. The zero-order valence-electron chi connectivity index (χ0n) is 20.6. The minimum Gasteiger partial charge on any atom is -0.410 e. The van der Waals surface area contributed by atoms with Crippen molar-refractivity contribution in [1.29, 1.82) is 10.5 Å². The second-order valence-electron chi connectivity index (χ2n) is 8.97. The molecule has 37 heavy (non-hydrogen) atoms. The van der Waals surface area contributed by atoms with Gasteiger partial charge in [-0.25, -0.2) is 9.78 Å². The monoisotopic (exact) mass is 494 g/mol. The van der Waals surface area contributed by atoms with Gasteiger partial charge >= 0.3 is 6.09 Å². The van der Waals surface area contributed by atoms with E-state index in [1.807, 2.05) is 30.3 Å². The highest BCUT2D eigenvalue weighted by Gasteiger charge is 2.31. The number of pyridine rings is 1. The molecule has 0 saturated carbocycles. The van der Waals surface area contributed by atoms with Crippen LogP contribution >= 0.6 is 0 Å². The van der Waals surface area contributed by atoms with E-state index in [1.54, 1.807) is 44.4 Å². The number of likely N-dealkylation sites (tertiary alicyclic amines) is 1. The Bertz CT molecular complexity index is 1340. The zero-order valence-corrected chi connectivity index (χ0v) is 20.6. The Labute approximate surface area is 215 Å². The van der Waals surface area contributed by atoms with Crippen molar-refractivity contribution >= 4 is 12.0 Å². The molecule has 0 aliphatic carbocycles. The van der Waals surface area contributed by atoms with Crippen LogP contribution in [-0.2, 0) is 0 Å². The van der Waals surface area contributed by atoms with Crippen LogP contribution in [0.15, 0.2) is 66.9 Å². The van der Waals surface area contributed by atoms with Crippen molar-refractivity contribution in [2.45, 2.75) is 18.5 Å². The largest absolute Gasteiger partial charge is 0.414 e. The van der Waals surface area contributed by atoms with Gasteiger partial charge in [-0.15, -0.1) is 0 Å². The molecule has 9 nitrogen and oxygen atoms in total. The molecule has 0 bridgehead atoms. The minimum atomic E-state index is -0.452. The molecule has 1 aliphatic heterocycles. The number of benzene rings is 2. The van der Waals surface area contributed by atoms with Crippen LogP contribution in [0.5, 0.6) is 5.75 Å². The smallest absolute Gasteiger partial charge is 0.410 e. The Morgan fingerprint density at radius 3 is 2.27 bits per heavy atom. The number of nitrogens with one attached hydrogen (secondary N) is 1. The molecule has 0 radical (unpaired) electrons. The second kappa shape index (κ2) is 11.3. The molecule has 3 aromatic rings.